The minimum atomic E-state index is -1.05. The molecule has 0 radical (unpaired) electrons. The van der Waals surface area contributed by atoms with Gasteiger partial charge in [0, 0.05) is 18.9 Å². The van der Waals surface area contributed by atoms with E-state index in [-0.39, 0.29) is 42.6 Å². The Kier molecular flexibility index (Phi) is 23.0. The summed E-state index contributed by atoms with van der Waals surface area (Å²) in [5.41, 5.74) is 0. The van der Waals surface area contributed by atoms with Crippen molar-refractivity contribution in [3.8, 4) is 0 Å². The molecule has 0 spiro atoms. The molecule has 0 heterocycles. The predicted octanol–water partition coefficient (Wildman–Crippen LogP) is -0.733. The minimum absolute atomic E-state index is 0. The summed E-state index contributed by atoms with van der Waals surface area (Å²) in [7, 11) is 0. The molecule has 0 saturated carbocycles. The predicted molar refractivity (Wildman–Crippen MR) is 80.5 cm³/mol. The van der Waals surface area contributed by atoms with Crippen LogP contribution in [-0.2, 0) is 9.53 Å². The average Bonchev–Trinajstić information content (AvgIpc) is 2.43. The maximum absolute atomic E-state index is 10.1. The first kappa shape index (κ1) is 23.7. The number of nitrogens with one attached hydrogen (secondary N) is 1. The zero-order chi connectivity index (χ0) is 14.9. The van der Waals surface area contributed by atoms with Gasteiger partial charge in [-0.25, -0.2) is 0 Å². The van der Waals surface area contributed by atoms with Crippen molar-refractivity contribution in [2.45, 2.75) is 71.1 Å². The molecule has 0 bridgehead atoms. The number of unbranched alkanes of at least 4 members (excludes halogenated alkanes) is 8. The minimum Gasteiger partial charge on any atom is -0.550 e. The van der Waals surface area contributed by atoms with Gasteiger partial charge < -0.3 is 20.0 Å². The van der Waals surface area contributed by atoms with E-state index < -0.39 is 5.97 Å². The quantitative estimate of drug-likeness (QED) is 0.302. The van der Waals surface area contributed by atoms with Gasteiger partial charge in [-0.05, 0) is 13.0 Å². The standard InChI is InChI=1S/C16H33NO3.Na/c1-2-3-4-5-6-7-8-9-10-12-17-13-15-20-14-11-16(18)19;/h17H,2-15H2,1H3,(H,18,19);/q;+1/p-1. The Morgan fingerprint density at radius 2 is 1.48 bits per heavy atom. The zero-order valence-corrected chi connectivity index (χ0v) is 16.1. The van der Waals surface area contributed by atoms with Crippen molar-refractivity contribution in [3.63, 3.8) is 0 Å². The number of aliphatic carboxylic acids is 1. The number of carbonyl (C=O) groups is 1. The van der Waals surface area contributed by atoms with Crippen molar-refractivity contribution in [1.82, 2.24) is 5.32 Å². The fourth-order valence-corrected chi connectivity index (χ4v) is 2.09. The normalized spacial score (nSPS) is 10.3. The van der Waals surface area contributed by atoms with Crippen LogP contribution in [0.2, 0.25) is 0 Å². The maximum atomic E-state index is 10.1. The van der Waals surface area contributed by atoms with Crippen LogP contribution in [0.15, 0.2) is 0 Å². The SMILES string of the molecule is CCCCCCCCCCCNCCOCCC(=O)[O-].[Na+]. The van der Waals surface area contributed by atoms with Gasteiger partial charge in [-0.15, -0.1) is 0 Å². The van der Waals surface area contributed by atoms with Gasteiger partial charge in [-0.1, -0.05) is 58.3 Å². The van der Waals surface area contributed by atoms with E-state index in [4.69, 9.17) is 4.74 Å². The molecule has 0 atom stereocenters. The van der Waals surface area contributed by atoms with E-state index in [2.05, 4.69) is 12.2 Å². The summed E-state index contributed by atoms with van der Waals surface area (Å²) in [5, 5.41) is 13.4. The third-order valence-electron chi connectivity index (χ3n) is 3.33. The molecule has 0 aromatic heterocycles. The summed E-state index contributed by atoms with van der Waals surface area (Å²) >= 11 is 0. The molecule has 0 aromatic carbocycles. The molecule has 0 amide bonds. The summed E-state index contributed by atoms with van der Waals surface area (Å²) in [4.78, 5) is 10.1. The van der Waals surface area contributed by atoms with Gasteiger partial charge in [0.15, 0.2) is 0 Å². The van der Waals surface area contributed by atoms with Gasteiger partial charge >= 0.3 is 29.6 Å². The molecule has 0 unspecified atom stereocenters. The molecular formula is C16H32NNaO3. The van der Waals surface area contributed by atoms with Crippen molar-refractivity contribution >= 4 is 5.97 Å². The van der Waals surface area contributed by atoms with Gasteiger partial charge in [0.1, 0.15) is 0 Å². The van der Waals surface area contributed by atoms with E-state index in [0.29, 0.717) is 6.61 Å². The molecular weight excluding hydrogens is 277 g/mol. The Morgan fingerprint density at radius 1 is 0.905 bits per heavy atom. The number of hydrogen-bond acceptors (Lipinski definition) is 4. The molecule has 0 rings (SSSR count). The van der Waals surface area contributed by atoms with Crippen LogP contribution in [-0.4, -0.2) is 32.3 Å². The topological polar surface area (TPSA) is 61.4 Å². The van der Waals surface area contributed by atoms with Gasteiger partial charge in [-0.3, -0.25) is 0 Å². The Morgan fingerprint density at radius 3 is 2.05 bits per heavy atom. The van der Waals surface area contributed by atoms with Crippen LogP contribution in [0.3, 0.4) is 0 Å². The molecule has 4 nitrogen and oxygen atoms in total. The van der Waals surface area contributed by atoms with Gasteiger partial charge in [0.25, 0.3) is 0 Å². The Labute approximate surface area is 152 Å². The second-order valence-corrected chi connectivity index (χ2v) is 5.31. The molecule has 21 heavy (non-hydrogen) atoms. The van der Waals surface area contributed by atoms with Crippen molar-refractivity contribution in [2.24, 2.45) is 0 Å². The molecule has 0 aliphatic rings. The summed E-state index contributed by atoms with van der Waals surface area (Å²) in [5.74, 6) is -1.05. The van der Waals surface area contributed by atoms with Crippen molar-refractivity contribution < 1.29 is 44.2 Å². The third-order valence-corrected chi connectivity index (χ3v) is 3.33. The molecule has 0 aromatic rings. The van der Waals surface area contributed by atoms with E-state index in [1.54, 1.807) is 0 Å². The fraction of sp³-hybridized carbons (Fsp3) is 0.938. The summed E-state index contributed by atoms with van der Waals surface area (Å²) in [6.45, 7) is 4.90. The van der Waals surface area contributed by atoms with Crippen molar-refractivity contribution in [2.75, 3.05) is 26.3 Å². The number of carbonyl (C=O) groups excluding carboxylic acids is 1. The van der Waals surface area contributed by atoms with E-state index in [1.165, 1.54) is 57.8 Å². The molecule has 1 N–H and O–H groups in total. The van der Waals surface area contributed by atoms with Crippen molar-refractivity contribution in [3.05, 3.63) is 0 Å². The fourth-order valence-electron chi connectivity index (χ4n) is 2.09. The second kappa shape index (κ2) is 20.4. The molecule has 0 aliphatic heterocycles. The average molecular weight is 309 g/mol. The van der Waals surface area contributed by atoms with Crippen LogP contribution in [0.4, 0.5) is 0 Å². The molecule has 5 heteroatoms. The number of rotatable bonds is 16. The summed E-state index contributed by atoms with van der Waals surface area (Å²) in [6, 6.07) is 0. The number of hydrogen-bond donors (Lipinski definition) is 1. The van der Waals surface area contributed by atoms with Crippen LogP contribution >= 0.6 is 0 Å². The van der Waals surface area contributed by atoms with E-state index >= 15 is 0 Å². The monoisotopic (exact) mass is 309 g/mol. The third kappa shape index (κ3) is 22.8. The summed E-state index contributed by atoms with van der Waals surface area (Å²) < 4.78 is 5.15. The van der Waals surface area contributed by atoms with Crippen LogP contribution in [0.25, 0.3) is 0 Å². The maximum Gasteiger partial charge on any atom is 1.00 e. The van der Waals surface area contributed by atoms with Crippen molar-refractivity contribution in [1.29, 1.82) is 0 Å². The number of ether oxygens (including phenoxy) is 1. The van der Waals surface area contributed by atoms with E-state index in [9.17, 15) is 9.90 Å². The van der Waals surface area contributed by atoms with Gasteiger partial charge in [-0.2, -0.15) is 0 Å². The Hall–Kier alpha value is 0.390. The van der Waals surface area contributed by atoms with E-state index in [1.807, 2.05) is 0 Å². The van der Waals surface area contributed by atoms with Crippen LogP contribution < -0.4 is 40.0 Å². The smallest absolute Gasteiger partial charge is 0.550 e. The van der Waals surface area contributed by atoms with Crippen LogP contribution in [0.5, 0.6) is 0 Å². The van der Waals surface area contributed by atoms with Gasteiger partial charge in [0.05, 0.1) is 13.2 Å². The first-order valence-electron chi connectivity index (χ1n) is 8.25. The molecule has 0 fully saturated rings. The van der Waals surface area contributed by atoms with E-state index in [0.717, 1.165) is 13.1 Å². The Bertz CT molecular complexity index is 216. The first-order chi connectivity index (χ1) is 9.77. The Balaban J connectivity index is 0. The molecule has 0 saturated heterocycles. The largest absolute Gasteiger partial charge is 1.00 e. The summed E-state index contributed by atoms with van der Waals surface area (Å²) in [6.07, 6.45) is 12.1. The van der Waals surface area contributed by atoms with Gasteiger partial charge in [0.2, 0.25) is 0 Å². The van der Waals surface area contributed by atoms with Crippen LogP contribution in [0.1, 0.15) is 71.1 Å². The number of carboxylic acids is 1. The molecule has 0 aliphatic carbocycles. The number of carboxylic acid groups (broad SMARTS) is 1. The van der Waals surface area contributed by atoms with Crippen LogP contribution in [0, 0.1) is 0 Å². The molecule has 120 valence electrons. The second-order valence-electron chi connectivity index (χ2n) is 5.31. The zero-order valence-electron chi connectivity index (χ0n) is 14.1. The first-order valence-corrected chi connectivity index (χ1v) is 8.25.